The molecule has 2 aromatic rings. The van der Waals surface area contributed by atoms with Crippen molar-refractivity contribution in [3.63, 3.8) is 0 Å². The molecule has 0 bridgehead atoms. The maximum atomic E-state index is 5.77. The SMILES string of the molecule is Clc1ccc(-n2ccc(C3CC3)n2)nc1. The third-order valence-electron chi connectivity index (χ3n) is 2.55. The summed E-state index contributed by atoms with van der Waals surface area (Å²) in [5, 5.41) is 5.13. The molecule has 3 rings (SSSR count). The first-order valence-electron chi connectivity index (χ1n) is 5.00. The normalized spacial score (nSPS) is 15.5. The Morgan fingerprint density at radius 1 is 1.27 bits per heavy atom. The molecule has 1 aliphatic rings. The standard InChI is InChI=1S/C11H10ClN3/c12-9-3-4-11(13-7-9)15-6-5-10(14-15)8-1-2-8/h3-8H,1-2H2. The third-order valence-corrected chi connectivity index (χ3v) is 2.78. The lowest BCUT2D eigenvalue weighted by Gasteiger charge is -1.99. The summed E-state index contributed by atoms with van der Waals surface area (Å²) in [7, 11) is 0. The van der Waals surface area contributed by atoms with Crippen molar-refractivity contribution in [2.75, 3.05) is 0 Å². The van der Waals surface area contributed by atoms with Crippen LogP contribution in [-0.2, 0) is 0 Å². The summed E-state index contributed by atoms with van der Waals surface area (Å²) in [5.41, 5.74) is 1.17. The zero-order valence-corrected chi connectivity index (χ0v) is 8.85. The number of hydrogen-bond donors (Lipinski definition) is 0. The highest BCUT2D eigenvalue weighted by Crippen LogP contribution is 2.38. The number of aromatic nitrogens is 3. The first kappa shape index (κ1) is 8.92. The highest BCUT2D eigenvalue weighted by atomic mass is 35.5. The molecule has 2 heterocycles. The van der Waals surface area contributed by atoms with E-state index in [1.807, 2.05) is 18.3 Å². The second-order valence-corrected chi connectivity index (χ2v) is 4.23. The zero-order chi connectivity index (χ0) is 10.3. The summed E-state index contributed by atoms with van der Waals surface area (Å²) >= 11 is 5.77. The van der Waals surface area contributed by atoms with E-state index in [9.17, 15) is 0 Å². The minimum atomic E-state index is 0.647. The molecule has 4 heteroatoms. The summed E-state index contributed by atoms with van der Waals surface area (Å²) < 4.78 is 1.80. The first-order chi connectivity index (χ1) is 7.33. The molecule has 0 aliphatic heterocycles. The average Bonchev–Trinajstić information content (AvgIpc) is 2.99. The third kappa shape index (κ3) is 1.75. The highest BCUT2D eigenvalue weighted by Gasteiger charge is 2.25. The molecule has 0 aromatic carbocycles. The zero-order valence-electron chi connectivity index (χ0n) is 8.10. The lowest BCUT2D eigenvalue weighted by molar-refractivity contribution is 0.813. The van der Waals surface area contributed by atoms with Crippen molar-refractivity contribution < 1.29 is 0 Å². The van der Waals surface area contributed by atoms with Crippen molar-refractivity contribution in [1.29, 1.82) is 0 Å². The maximum Gasteiger partial charge on any atom is 0.153 e. The fourth-order valence-corrected chi connectivity index (χ4v) is 1.68. The van der Waals surface area contributed by atoms with Crippen molar-refractivity contribution in [2.24, 2.45) is 0 Å². The molecular formula is C11H10ClN3. The van der Waals surface area contributed by atoms with Crippen molar-refractivity contribution in [3.8, 4) is 5.82 Å². The van der Waals surface area contributed by atoms with E-state index < -0.39 is 0 Å². The van der Waals surface area contributed by atoms with Gasteiger partial charge in [-0.3, -0.25) is 0 Å². The summed E-state index contributed by atoms with van der Waals surface area (Å²) in [4.78, 5) is 4.21. The van der Waals surface area contributed by atoms with Crippen LogP contribution in [0.1, 0.15) is 24.5 Å². The highest BCUT2D eigenvalue weighted by molar-refractivity contribution is 6.30. The summed E-state index contributed by atoms with van der Waals surface area (Å²) in [6.45, 7) is 0. The van der Waals surface area contributed by atoms with Crippen LogP contribution in [0.2, 0.25) is 5.02 Å². The molecule has 0 radical (unpaired) electrons. The summed E-state index contributed by atoms with van der Waals surface area (Å²) in [6.07, 6.45) is 6.12. The molecule has 0 unspecified atom stereocenters. The van der Waals surface area contributed by atoms with Crippen LogP contribution in [0.25, 0.3) is 5.82 Å². The van der Waals surface area contributed by atoms with Crippen molar-refractivity contribution >= 4 is 11.6 Å². The van der Waals surface area contributed by atoms with E-state index in [4.69, 9.17) is 11.6 Å². The molecule has 0 amide bonds. The van der Waals surface area contributed by atoms with Gasteiger partial charge in [-0.05, 0) is 31.0 Å². The van der Waals surface area contributed by atoms with Gasteiger partial charge >= 0.3 is 0 Å². The first-order valence-corrected chi connectivity index (χ1v) is 5.38. The van der Waals surface area contributed by atoms with Gasteiger partial charge in [0.15, 0.2) is 5.82 Å². The Morgan fingerprint density at radius 2 is 2.13 bits per heavy atom. The van der Waals surface area contributed by atoms with Crippen LogP contribution in [0, 0.1) is 0 Å². The Bertz CT molecular complexity index is 471. The van der Waals surface area contributed by atoms with Gasteiger partial charge in [-0.25, -0.2) is 9.67 Å². The lowest BCUT2D eigenvalue weighted by atomic mass is 10.3. The van der Waals surface area contributed by atoms with Gasteiger partial charge in [0.05, 0.1) is 10.7 Å². The molecule has 0 saturated heterocycles. The van der Waals surface area contributed by atoms with Gasteiger partial charge in [0, 0.05) is 18.3 Å². The molecule has 1 aliphatic carbocycles. The monoisotopic (exact) mass is 219 g/mol. The summed E-state index contributed by atoms with van der Waals surface area (Å²) in [6, 6.07) is 5.75. The quantitative estimate of drug-likeness (QED) is 0.778. The maximum absolute atomic E-state index is 5.77. The number of hydrogen-bond acceptors (Lipinski definition) is 2. The van der Waals surface area contributed by atoms with Crippen LogP contribution in [0.4, 0.5) is 0 Å². The van der Waals surface area contributed by atoms with Crippen LogP contribution >= 0.6 is 11.6 Å². The van der Waals surface area contributed by atoms with Gasteiger partial charge in [0.25, 0.3) is 0 Å². The number of halogens is 1. The van der Waals surface area contributed by atoms with Crippen LogP contribution in [0.5, 0.6) is 0 Å². The largest absolute Gasteiger partial charge is 0.236 e. The van der Waals surface area contributed by atoms with Crippen LogP contribution < -0.4 is 0 Å². The topological polar surface area (TPSA) is 30.7 Å². The predicted molar refractivity (Wildman–Crippen MR) is 58.3 cm³/mol. The Labute approximate surface area is 92.7 Å². The van der Waals surface area contributed by atoms with Gasteiger partial charge in [-0.2, -0.15) is 5.10 Å². The number of pyridine rings is 1. The smallest absolute Gasteiger partial charge is 0.153 e. The van der Waals surface area contributed by atoms with Crippen LogP contribution in [0.3, 0.4) is 0 Å². The second-order valence-electron chi connectivity index (χ2n) is 3.79. The predicted octanol–water partition coefficient (Wildman–Crippen LogP) is 2.80. The van der Waals surface area contributed by atoms with E-state index >= 15 is 0 Å². The second kappa shape index (κ2) is 3.35. The molecule has 0 spiro atoms. The molecule has 76 valence electrons. The fourth-order valence-electron chi connectivity index (χ4n) is 1.57. The average molecular weight is 220 g/mol. The fraction of sp³-hybridized carbons (Fsp3) is 0.273. The van der Waals surface area contributed by atoms with Crippen LogP contribution in [0.15, 0.2) is 30.6 Å². The number of nitrogens with zero attached hydrogens (tertiary/aromatic N) is 3. The van der Waals surface area contributed by atoms with Gasteiger partial charge in [-0.1, -0.05) is 11.6 Å². The minimum Gasteiger partial charge on any atom is -0.236 e. The Morgan fingerprint density at radius 3 is 2.80 bits per heavy atom. The minimum absolute atomic E-state index is 0.647. The van der Waals surface area contributed by atoms with Gasteiger partial charge in [0.2, 0.25) is 0 Å². The Balaban J connectivity index is 1.93. The molecule has 15 heavy (non-hydrogen) atoms. The lowest BCUT2D eigenvalue weighted by Crippen LogP contribution is -1.98. The number of rotatable bonds is 2. The van der Waals surface area contributed by atoms with E-state index in [0.717, 1.165) is 5.82 Å². The molecule has 1 fully saturated rings. The van der Waals surface area contributed by atoms with E-state index in [1.54, 1.807) is 10.9 Å². The summed E-state index contributed by atoms with van der Waals surface area (Å²) in [5.74, 6) is 1.49. The van der Waals surface area contributed by atoms with Crippen molar-refractivity contribution in [1.82, 2.24) is 14.8 Å². The van der Waals surface area contributed by atoms with E-state index in [0.29, 0.717) is 10.9 Å². The Kier molecular flexibility index (Phi) is 1.99. The Hall–Kier alpha value is -1.35. The molecule has 0 N–H and O–H groups in total. The molecule has 2 aromatic heterocycles. The van der Waals surface area contributed by atoms with E-state index in [2.05, 4.69) is 16.1 Å². The van der Waals surface area contributed by atoms with Crippen molar-refractivity contribution in [2.45, 2.75) is 18.8 Å². The van der Waals surface area contributed by atoms with Gasteiger partial charge < -0.3 is 0 Å². The van der Waals surface area contributed by atoms with E-state index in [-0.39, 0.29) is 0 Å². The molecule has 0 atom stereocenters. The van der Waals surface area contributed by atoms with Gasteiger partial charge in [-0.15, -0.1) is 0 Å². The molecular weight excluding hydrogens is 210 g/mol. The van der Waals surface area contributed by atoms with Gasteiger partial charge in [0.1, 0.15) is 0 Å². The van der Waals surface area contributed by atoms with Crippen molar-refractivity contribution in [3.05, 3.63) is 41.3 Å². The molecule has 3 nitrogen and oxygen atoms in total. The van der Waals surface area contributed by atoms with Crippen LogP contribution in [-0.4, -0.2) is 14.8 Å². The van der Waals surface area contributed by atoms with E-state index in [1.165, 1.54) is 18.5 Å². The molecule has 1 saturated carbocycles.